The van der Waals surface area contributed by atoms with Gasteiger partial charge in [0.2, 0.25) is 0 Å². The van der Waals surface area contributed by atoms with Gasteiger partial charge in [-0.2, -0.15) is 0 Å². The van der Waals surface area contributed by atoms with Crippen molar-refractivity contribution >= 4 is 36.5 Å². The molecule has 5 nitrogen and oxygen atoms in total. The molecule has 0 spiro atoms. The summed E-state index contributed by atoms with van der Waals surface area (Å²) in [6.45, 7) is 8.43. The van der Waals surface area contributed by atoms with E-state index < -0.39 is 21.4 Å². The Hall–Kier alpha value is -2.52. The molecule has 0 N–H and O–H groups in total. The zero-order valence-corrected chi connectivity index (χ0v) is 21.2. The van der Waals surface area contributed by atoms with Crippen molar-refractivity contribution in [3.63, 3.8) is 0 Å². The number of ether oxygens (including phenoxy) is 1. The minimum atomic E-state index is -0.870. The van der Waals surface area contributed by atoms with Crippen molar-refractivity contribution in [2.45, 2.75) is 45.8 Å². The fourth-order valence-corrected chi connectivity index (χ4v) is 6.01. The standard InChI is InChI=1S/C26H31AsN2O3/c1-26(2,3)32-25(31)28-15-12-21(13-16-28)20-8-10-23(11-9-20)27-24(30)29-17-14-19-6-4-5-7-22(19)18-29/h4-12,27H,13-18H2,1-3H3. The molecule has 168 valence electrons. The quantitative estimate of drug-likeness (QED) is 0.608. The van der Waals surface area contributed by atoms with E-state index in [0.717, 1.165) is 30.3 Å². The van der Waals surface area contributed by atoms with E-state index >= 15 is 0 Å². The Kier molecular flexibility index (Phi) is 6.76. The van der Waals surface area contributed by atoms with Crippen molar-refractivity contribution in [1.29, 1.82) is 0 Å². The maximum absolute atomic E-state index is 12.9. The number of rotatable bonds is 3. The number of carbonyl (C=O) groups excluding carboxylic acids is 2. The summed E-state index contributed by atoms with van der Waals surface area (Å²) in [4.78, 5) is 28.9. The van der Waals surface area contributed by atoms with Crippen LogP contribution in [0.3, 0.4) is 0 Å². The van der Waals surface area contributed by atoms with Gasteiger partial charge in [-0.25, -0.2) is 0 Å². The predicted molar refractivity (Wildman–Crippen MR) is 130 cm³/mol. The third-order valence-corrected chi connectivity index (χ3v) is 8.20. The van der Waals surface area contributed by atoms with Crippen LogP contribution in [0.1, 0.15) is 43.9 Å². The van der Waals surface area contributed by atoms with Gasteiger partial charge in [0.1, 0.15) is 0 Å². The Morgan fingerprint density at radius 2 is 1.59 bits per heavy atom. The molecule has 2 aromatic carbocycles. The molecule has 0 aliphatic carbocycles. The van der Waals surface area contributed by atoms with E-state index in [0.29, 0.717) is 17.8 Å². The summed E-state index contributed by atoms with van der Waals surface area (Å²) < 4.78 is 6.93. The molecule has 32 heavy (non-hydrogen) atoms. The van der Waals surface area contributed by atoms with Gasteiger partial charge in [-0.1, -0.05) is 0 Å². The fourth-order valence-electron chi connectivity index (χ4n) is 4.06. The predicted octanol–water partition coefficient (Wildman–Crippen LogP) is 3.95. The van der Waals surface area contributed by atoms with Crippen molar-refractivity contribution in [1.82, 2.24) is 9.80 Å². The van der Waals surface area contributed by atoms with E-state index in [2.05, 4.69) is 54.6 Å². The molecule has 0 bridgehead atoms. The van der Waals surface area contributed by atoms with Crippen LogP contribution in [0.15, 0.2) is 54.6 Å². The zero-order chi connectivity index (χ0) is 22.7. The molecule has 0 radical (unpaired) electrons. The maximum atomic E-state index is 12.9. The molecule has 1 unspecified atom stereocenters. The number of fused-ring (bicyclic) bond motifs is 1. The molecule has 0 fully saturated rings. The molecule has 0 saturated heterocycles. The SMILES string of the molecule is CC(C)(C)OC(=O)N1CC=C(c2ccc([AsH]C(=O)N3CCc4ccccc4C3)cc2)CC1. The normalized spacial score (nSPS) is 16.7. The molecule has 0 aromatic heterocycles. The summed E-state index contributed by atoms with van der Waals surface area (Å²) in [7, 11) is 0. The van der Waals surface area contributed by atoms with Crippen molar-refractivity contribution < 1.29 is 14.3 Å². The van der Waals surface area contributed by atoms with Gasteiger partial charge >= 0.3 is 197 Å². The first kappa shape index (κ1) is 22.7. The minimum absolute atomic E-state index is 0.257. The molecule has 2 heterocycles. The van der Waals surface area contributed by atoms with Gasteiger partial charge in [0.05, 0.1) is 0 Å². The average molecular weight is 494 g/mol. The molecule has 0 saturated carbocycles. The first-order valence-corrected chi connectivity index (χ1v) is 13.3. The molecule has 6 heteroatoms. The van der Waals surface area contributed by atoms with Crippen LogP contribution < -0.4 is 4.35 Å². The molecule has 2 aliphatic heterocycles. The van der Waals surface area contributed by atoms with Crippen LogP contribution >= 0.6 is 0 Å². The molecular formula is C26H31AsN2O3. The summed E-state index contributed by atoms with van der Waals surface area (Å²) in [5.41, 5.74) is 4.58. The topological polar surface area (TPSA) is 49.9 Å². The number of hydrogen-bond donors (Lipinski definition) is 0. The van der Waals surface area contributed by atoms with Gasteiger partial charge in [-0.3, -0.25) is 0 Å². The number of nitrogens with zero attached hydrogens (tertiary/aromatic N) is 2. The van der Waals surface area contributed by atoms with Crippen molar-refractivity contribution in [2.75, 3.05) is 19.6 Å². The van der Waals surface area contributed by atoms with Crippen molar-refractivity contribution in [2.24, 2.45) is 0 Å². The van der Waals surface area contributed by atoms with Gasteiger partial charge in [0.15, 0.2) is 0 Å². The molecule has 2 amide bonds. The van der Waals surface area contributed by atoms with Crippen LogP contribution in [-0.4, -0.2) is 61.6 Å². The van der Waals surface area contributed by atoms with E-state index in [9.17, 15) is 9.59 Å². The summed E-state index contributed by atoms with van der Waals surface area (Å²) >= 11 is -0.870. The number of carbonyl (C=O) groups is 2. The zero-order valence-electron chi connectivity index (χ0n) is 19.1. The Morgan fingerprint density at radius 3 is 2.25 bits per heavy atom. The Balaban J connectivity index is 1.33. The van der Waals surface area contributed by atoms with E-state index in [4.69, 9.17) is 4.74 Å². The molecule has 2 aromatic rings. The summed E-state index contributed by atoms with van der Waals surface area (Å²) in [6, 6.07) is 16.9. The molecule has 4 rings (SSSR count). The summed E-state index contributed by atoms with van der Waals surface area (Å²) in [5.74, 6) is 0. The number of amides is 2. The number of benzene rings is 2. The Morgan fingerprint density at radius 1 is 0.906 bits per heavy atom. The van der Waals surface area contributed by atoms with E-state index in [1.54, 1.807) is 4.90 Å². The third-order valence-electron chi connectivity index (χ3n) is 5.79. The first-order chi connectivity index (χ1) is 15.3. The second kappa shape index (κ2) is 9.54. The summed E-state index contributed by atoms with van der Waals surface area (Å²) in [6.07, 6.45) is 3.60. The van der Waals surface area contributed by atoms with E-state index in [-0.39, 0.29) is 6.09 Å². The van der Waals surface area contributed by atoms with Crippen LogP contribution in [-0.2, 0) is 17.7 Å². The van der Waals surface area contributed by atoms with Crippen molar-refractivity contribution in [3.8, 4) is 0 Å². The number of hydrogen-bond acceptors (Lipinski definition) is 3. The Bertz CT molecular complexity index is 1020. The second-order valence-corrected chi connectivity index (χ2v) is 12.0. The van der Waals surface area contributed by atoms with Gasteiger partial charge < -0.3 is 0 Å². The van der Waals surface area contributed by atoms with Gasteiger partial charge in [-0.05, 0) is 0 Å². The monoisotopic (exact) mass is 494 g/mol. The fraction of sp³-hybridized carbons (Fsp3) is 0.385. The summed E-state index contributed by atoms with van der Waals surface area (Å²) in [5, 5.41) is 0. The van der Waals surface area contributed by atoms with E-state index in [1.807, 2.05) is 25.7 Å². The molecule has 2 aliphatic rings. The average Bonchev–Trinajstić information content (AvgIpc) is 2.78. The molecular weight excluding hydrogens is 463 g/mol. The van der Waals surface area contributed by atoms with Gasteiger partial charge in [0, 0.05) is 0 Å². The van der Waals surface area contributed by atoms with Crippen LogP contribution in [0.25, 0.3) is 5.57 Å². The second-order valence-electron chi connectivity index (χ2n) is 9.35. The van der Waals surface area contributed by atoms with Crippen LogP contribution in [0.2, 0.25) is 0 Å². The van der Waals surface area contributed by atoms with Crippen LogP contribution in [0, 0.1) is 0 Å². The van der Waals surface area contributed by atoms with Gasteiger partial charge in [0.25, 0.3) is 0 Å². The van der Waals surface area contributed by atoms with E-state index in [1.165, 1.54) is 22.3 Å². The van der Waals surface area contributed by atoms with Crippen molar-refractivity contribution in [3.05, 3.63) is 71.3 Å². The van der Waals surface area contributed by atoms with Crippen LogP contribution in [0.5, 0.6) is 0 Å². The Labute approximate surface area is 197 Å². The first-order valence-electron chi connectivity index (χ1n) is 11.2. The van der Waals surface area contributed by atoms with Crippen LogP contribution in [0.4, 0.5) is 9.59 Å². The third kappa shape index (κ3) is 5.63. The molecule has 1 atom stereocenters. The van der Waals surface area contributed by atoms with Gasteiger partial charge in [-0.15, -0.1) is 0 Å².